The quantitative estimate of drug-likeness (QED) is 0.582. The predicted octanol–water partition coefficient (Wildman–Crippen LogP) is 3.46. The second kappa shape index (κ2) is 5.94. The van der Waals surface area contributed by atoms with Crippen molar-refractivity contribution >= 4 is 36.2 Å². The van der Waals surface area contributed by atoms with Crippen LogP contribution in [0.5, 0.6) is 0 Å². The summed E-state index contributed by atoms with van der Waals surface area (Å²) >= 11 is 2.26. The van der Waals surface area contributed by atoms with Gasteiger partial charge in [0, 0.05) is 0 Å². The Morgan fingerprint density at radius 1 is 0.789 bits per heavy atom. The molecule has 0 amide bonds. The van der Waals surface area contributed by atoms with Gasteiger partial charge in [-0.25, -0.2) is 0 Å². The van der Waals surface area contributed by atoms with Crippen LogP contribution in [0.3, 0.4) is 0 Å². The van der Waals surface area contributed by atoms with E-state index in [0.717, 1.165) is 6.42 Å². The first-order chi connectivity index (χ1) is 9.36. The van der Waals surface area contributed by atoms with Gasteiger partial charge in [0.2, 0.25) is 0 Å². The zero-order valence-electron chi connectivity index (χ0n) is 11.1. The van der Waals surface area contributed by atoms with Gasteiger partial charge in [-0.05, 0) is 0 Å². The molecule has 19 heavy (non-hydrogen) atoms. The zero-order valence-corrected chi connectivity index (χ0v) is 12.0. The van der Waals surface area contributed by atoms with Gasteiger partial charge in [-0.15, -0.1) is 0 Å². The third kappa shape index (κ3) is 2.77. The third-order valence-electron chi connectivity index (χ3n) is 3.41. The van der Waals surface area contributed by atoms with Crippen LogP contribution in [0.1, 0.15) is 6.42 Å². The van der Waals surface area contributed by atoms with Crippen LogP contribution in [-0.2, 0) is 0 Å². The second-order valence-electron chi connectivity index (χ2n) is 4.78. The van der Waals surface area contributed by atoms with Crippen LogP contribution in [0.2, 0.25) is 0 Å². The molecule has 88 valence electrons. The van der Waals surface area contributed by atoms with Crippen molar-refractivity contribution in [3.8, 4) is 0 Å². The third-order valence-corrected chi connectivity index (χ3v) is 6.05. The first kappa shape index (κ1) is 13.0. The van der Waals surface area contributed by atoms with Crippen molar-refractivity contribution < 1.29 is 0 Å². The summed E-state index contributed by atoms with van der Waals surface area (Å²) in [4.78, 5) is 0. The summed E-state index contributed by atoms with van der Waals surface area (Å²) in [5.74, 6) is 0. The Labute approximate surface area is 125 Å². The molecule has 0 aromatic heterocycles. The molecule has 1 aliphatic carbocycles. The van der Waals surface area contributed by atoms with Crippen LogP contribution in [-0.4, -0.2) is 17.7 Å². The number of allylic oxidation sites excluding steroid dienone is 4. The van der Waals surface area contributed by atoms with Gasteiger partial charge in [0.05, 0.1) is 0 Å². The molecular formula is C17H14LiP. The molecule has 0 bridgehead atoms. The predicted molar refractivity (Wildman–Crippen MR) is 85.6 cm³/mol. The van der Waals surface area contributed by atoms with Crippen molar-refractivity contribution in [1.82, 2.24) is 0 Å². The summed E-state index contributed by atoms with van der Waals surface area (Å²) in [5.41, 5.74) is 0. The molecule has 0 spiro atoms. The molecular weight excluding hydrogens is 242 g/mol. The summed E-state index contributed by atoms with van der Waals surface area (Å²) in [6, 6.07) is 21.8. The van der Waals surface area contributed by atoms with E-state index in [1.54, 1.807) is 0 Å². The van der Waals surface area contributed by atoms with Crippen LogP contribution < -0.4 is 10.6 Å². The summed E-state index contributed by atoms with van der Waals surface area (Å²) < 4.78 is 1.51. The Morgan fingerprint density at radius 2 is 1.32 bits per heavy atom. The molecule has 2 aromatic carbocycles. The van der Waals surface area contributed by atoms with E-state index in [-0.39, 0.29) is 0 Å². The zero-order chi connectivity index (χ0) is 13.1. The van der Waals surface area contributed by atoms with Crippen LogP contribution in [0.4, 0.5) is 0 Å². The van der Waals surface area contributed by atoms with Crippen LogP contribution in [0.25, 0.3) is 0 Å². The molecule has 0 saturated heterocycles. The molecule has 2 heteroatoms. The fourth-order valence-electron chi connectivity index (χ4n) is 2.44. The molecule has 0 radical (unpaired) electrons. The summed E-state index contributed by atoms with van der Waals surface area (Å²) in [6.45, 7) is 0. The van der Waals surface area contributed by atoms with Gasteiger partial charge in [-0.1, -0.05) is 0 Å². The molecule has 1 aliphatic rings. The van der Waals surface area contributed by atoms with Crippen LogP contribution >= 0.6 is 7.92 Å². The average molecular weight is 256 g/mol. The van der Waals surface area contributed by atoms with Gasteiger partial charge in [0.1, 0.15) is 0 Å². The first-order valence-electron chi connectivity index (χ1n) is 6.63. The second-order valence-corrected chi connectivity index (χ2v) is 6.96. The molecule has 3 rings (SSSR count). The fraction of sp³-hybridized carbons (Fsp3) is 0.0588. The average Bonchev–Trinajstić information content (AvgIpc) is 2.88. The molecule has 2 aromatic rings. The molecule has 0 atom stereocenters. The Balaban J connectivity index is 2.12. The molecule has 0 aliphatic heterocycles. The molecule has 0 saturated carbocycles. The normalized spacial score (nSPS) is 14.5. The van der Waals surface area contributed by atoms with E-state index in [4.69, 9.17) is 0 Å². The minimum absolute atomic E-state index is 0.399. The van der Waals surface area contributed by atoms with Gasteiger partial charge in [0.25, 0.3) is 0 Å². The Bertz CT molecular complexity index is 575. The van der Waals surface area contributed by atoms with E-state index < -0.39 is 7.92 Å². The Kier molecular flexibility index (Phi) is 4.05. The summed E-state index contributed by atoms with van der Waals surface area (Å²) in [7, 11) is -0.399. The fourth-order valence-corrected chi connectivity index (χ4v) is 4.96. The van der Waals surface area contributed by atoms with E-state index in [1.807, 2.05) is 0 Å². The molecule has 0 unspecified atom stereocenters. The van der Waals surface area contributed by atoms with Gasteiger partial charge in [0.15, 0.2) is 0 Å². The van der Waals surface area contributed by atoms with Gasteiger partial charge in [-0.2, -0.15) is 0 Å². The summed E-state index contributed by atoms with van der Waals surface area (Å²) in [6.07, 6.45) is 5.71. The maximum absolute atomic E-state index is 2.32. The number of hydrogen-bond acceptors (Lipinski definition) is 0. The first-order valence-corrected chi connectivity index (χ1v) is 7.97. The molecule has 0 N–H and O–H groups in total. The monoisotopic (exact) mass is 256 g/mol. The molecule has 0 fully saturated rings. The van der Waals surface area contributed by atoms with E-state index in [0.29, 0.717) is 0 Å². The summed E-state index contributed by atoms with van der Waals surface area (Å²) in [5, 5.41) is 4.39. The van der Waals surface area contributed by atoms with E-state index in [2.05, 4.69) is 90.5 Å². The topological polar surface area (TPSA) is 0 Å². The van der Waals surface area contributed by atoms with Gasteiger partial charge < -0.3 is 0 Å². The number of rotatable bonds is 3. The van der Waals surface area contributed by atoms with Crippen LogP contribution in [0.15, 0.2) is 82.4 Å². The van der Waals surface area contributed by atoms with E-state index in [1.165, 1.54) is 20.2 Å². The van der Waals surface area contributed by atoms with Crippen molar-refractivity contribution in [2.75, 3.05) is 0 Å². The molecule has 0 nitrogen and oxygen atoms in total. The minimum atomic E-state index is -0.399. The van der Waals surface area contributed by atoms with Crippen molar-refractivity contribution in [2.24, 2.45) is 0 Å². The molecule has 0 heterocycles. The maximum atomic E-state index is 2.32. The number of hydrogen-bond donors (Lipinski definition) is 0. The van der Waals surface area contributed by atoms with E-state index in [9.17, 15) is 0 Å². The van der Waals surface area contributed by atoms with E-state index >= 15 is 0 Å². The van der Waals surface area contributed by atoms with Crippen molar-refractivity contribution in [1.29, 1.82) is 0 Å². The van der Waals surface area contributed by atoms with Crippen LogP contribution in [0, 0.1) is 0 Å². The Morgan fingerprint density at radius 3 is 1.74 bits per heavy atom. The van der Waals surface area contributed by atoms with Crippen molar-refractivity contribution in [3.63, 3.8) is 0 Å². The SMILES string of the molecule is [Li][C]1=C(P(c2ccccc2)c2ccccc2)C=CC1. The van der Waals surface area contributed by atoms with Gasteiger partial charge >= 0.3 is 125 Å². The number of benzene rings is 2. The standard InChI is InChI=1S/C17H14P.Li/c1-3-9-15(10-4-1)18(17-13-7-8-14-17)16-11-5-2-6-12-16;/h1-7,9-13H,8H2;. The van der Waals surface area contributed by atoms with Crippen molar-refractivity contribution in [2.45, 2.75) is 6.42 Å². The van der Waals surface area contributed by atoms with Crippen molar-refractivity contribution in [3.05, 3.63) is 82.4 Å². The Hall–Kier alpha value is -1.05. The van der Waals surface area contributed by atoms with Gasteiger partial charge in [-0.3, -0.25) is 0 Å².